The molecule has 1 saturated heterocycles. The van der Waals surface area contributed by atoms with Crippen LogP contribution in [0, 0.1) is 6.92 Å². The van der Waals surface area contributed by atoms with Crippen molar-refractivity contribution in [2.24, 2.45) is 0 Å². The molecule has 2 aromatic rings. The van der Waals surface area contributed by atoms with Gasteiger partial charge in [0.2, 0.25) is 5.91 Å². The maximum absolute atomic E-state index is 12.6. The van der Waals surface area contributed by atoms with Crippen molar-refractivity contribution in [2.45, 2.75) is 45.9 Å². The smallest absolute Gasteiger partial charge is 0.269 e. The summed E-state index contributed by atoms with van der Waals surface area (Å²) in [5.41, 5.74) is 2.92. The first-order valence-electron chi connectivity index (χ1n) is 9.77. The zero-order valence-corrected chi connectivity index (χ0v) is 17.1. The fourth-order valence-electron chi connectivity index (χ4n) is 3.84. The van der Waals surface area contributed by atoms with E-state index in [0.29, 0.717) is 31.9 Å². The van der Waals surface area contributed by atoms with Crippen molar-refractivity contribution < 1.29 is 9.59 Å². The zero-order chi connectivity index (χ0) is 20.3. The fraction of sp³-hybridized carbons (Fsp3) is 0.476. The summed E-state index contributed by atoms with van der Waals surface area (Å²) in [6.45, 7) is 8.34. The Morgan fingerprint density at radius 1 is 1.32 bits per heavy atom. The lowest BCUT2D eigenvalue weighted by atomic mass is 10.0. The quantitative estimate of drug-likeness (QED) is 0.824. The molecular formula is C21H29N5O2. The minimum atomic E-state index is -0.234. The fourth-order valence-corrected chi connectivity index (χ4v) is 3.84. The van der Waals surface area contributed by atoms with Gasteiger partial charge in [-0.05, 0) is 32.4 Å². The van der Waals surface area contributed by atoms with E-state index in [1.165, 1.54) is 11.1 Å². The number of hydrogen-bond acceptors (Lipinski definition) is 4. The number of likely N-dealkylation sites (N-methyl/N-ethyl adjacent to an activating group) is 1. The number of carbonyl (C=O) groups is 2. The molecule has 0 saturated carbocycles. The van der Waals surface area contributed by atoms with E-state index in [-0.39, 0.29) is 23.9 Å². The van der Waals surface area contributed by atoms with Crippen LogP contribution in [-0.2, 0) is 17.9 Å². The molecule has 28 heavy (non-hydrogen) atoms. The molecule has 0 spiro atoms. The Hall–Kier alpha value is -2.67. The van der Waals surface area contributed by atoms with Crippen molar-refractivity contribution >= 4 is 11.8 Å². The summed E-state index contributed by atoms with van der Waals surface area (Å²) in [5.74, 6) is -0.0265. The van der Waals surface area contributed by atoms with Crippen LogP contribution in [-0.4, -0.2) is 63.6 Å². The van der Waals surface area contributed by atoms with Gasteiger partial charge >= 0.3 is 0 Å². The molecule has 1 fully saturated rings. The first kappa shape index (κ1) is 20.1. The molecule has 3 rings (SSSR count). The summed E-state index contributed by atoms with van der Waals surface area (Å²) in [4.78, 5) is 29.1. The summed E-state index contributed by atoms with van der Waals surface area (Å²) in [7, 11) is 1.82. The molecule has 0 bridgehead atoms. The largest absolute Gasteiger partial charge is 0.349 e. The van der Waals surface area contributed by atoms with Crippen molar-refractivity contribution in [3.8, 4) is 0 Å². The number of nitrogens with zero attached hydrogens (tertiary/aromatic N) is 4. The molecule has 2 heterocycles. The normalized spacial score (nSPS) is 20.4. The van der Waals surface area contributed by atoms with Gasteiger partial charge < -0.3 is 10.2 Å². The number of hydrogen-bond donors (Lipinski definition) is 1. The molecule has 2 amide bonds. The molecule has 1 aliphatic rings. The highest BCUT2D eigenvalue weighted by Gasteiger charge is 2.36. The summed E-state index contributed by atoms with van der Waals surface area (Å²) >= 11 is 0. The zero-order valence-electron chi connectivity index (χ0n) is 17.1. The second-order valence-electron chi connectivity index (χ2n) is 7.45. The first-order valence-corrected chi connectivity index (χ1v) is 9.77. The van der Waals surface area contributed by atoms with Crippen LogP contribution in [0.25, 0.3) is 0 Å². The van der Waals surface area contributed by atoms with E-state index < -0.39 is 0 Å². The van der Waals surface area contributed by atoms with Gasteiger partial charge in [0.25, 0.3) is 5.91 Å². The highest BCUT2D eigenvalue weighted by atomic mass is 16.2. The summed E-state index contributed by atoms with van der Waals surface area (Å²) < 4.78 is 1.68. The Morgan fingerprint density at radius 3 is 2.82 bits per heavy atom. The monoisotopic (exact) mass is 383 g/mol. The molecule has 0 radical (unpaired) electrons. The number of aromatic nitrogens is 2. The van der Waals surface area contributed by atoms with Crippen LogP contribution < -0.4 is 5.32 Å². The van der Waals surface area contributed by atoms with Crippen molar-refractivity contribution in [1.29, 1.82) is 0 Å². The number of benzene rings is 1. The van der Waals surface area contributed by atoms with Crippen LogP contribution in [0.2, 0.25) is 0 Å². The van der Waals surface area contributed by atoms with Crippen LogP contribution >= 0.6 is 0 Å². The van der Waals surface area contributed by atoms with Crippen molar-refractivity contribution in [3.05, 3.63) is 53.3 Å². The van der Waals surface area contributed by atoms with Crippen molar-refractivity contribution in [3.63, 3.8) is 0 Å². The lowest BCUT2D eigenvalue weighted by Crippen LogP contribution is -2.62. The van der Waals surface area contributed by atoms with Gasteiger partial charge in [-0.15, -0.1) is 0 Å². The lowest BCUT2D eigenvalue weighted by molar-refractivity contribution is -0.142. The predicted octanol–water partition coefficient (Wildman–Crippen LogP) is 1.67. The summed E-state index contributed by atoms with van der Waals surface area (Å²) in [6.07, 6.45) is 1.64. The van der Waals surface area contributed by atoms with E-state index in [1.54, 1.807) is 21.8 Å². The molecule has 7 nitrogen and oxygen atoms in total. The van der Waals surface area contributed by atoms with Crippen molar-refractivity contribution in [1.82, 2.24) is 24.9 Å². The van der Waals surface area contributed by atoms with Crippen LogP contribution in [0.15, 0.2) is 36.5 Å². The number of carbonyl (C=O) groups excluding carboxylic acids is 2. The number of rotatable bonds is 6. The topological polar surface area (TPSA) is 70.5 Å². The molecule has 0 aliphatic carbocycles. The van der Waals surface area contributed by atoms with Crippen LogP contribution in [0.3, 0.4) is 0 Å². The predicted molar refractivity (Wildman–Crippen MR) is 108 cm³/mol. The average molecular weight is 383 g/mol. The number of nitrogens with one attached hydrogen (secondary N) is 1. The lowest BCUT2D eigenvalue weighted by Gasteiger charge is -2.44. The number of amides is 2. The Kier molecular flexibility index (Phi) is 6.14. The highest BCUT2D eigenvalue weighted by Crippen LogP contribution is 2.20. The third-order valence-corrected chi connectivity index (χ3v) is 5.38. The van der Waals surface area contributed by atoms with Crippen molar-refractivity contribution in [2.75, 3.05) is 20.1 Å². The Labute approximate surface area is 166 Å². The van der Waals surface area contributed by atoms with E-state index in [9.17, 15) is 9.59 Å². The minimum Gasteiger partial charge on any atom is -0.349 e. The minimum absolute atomic E-state index is 0.0418. The standard InChI is InChI=1S/C21H29N5O2/c1-5-26-19(9-10-23-26)20(27)22-12-18-14-24(4)21(28)16(3)25(18)13-17-8-6-7-15(2)11-17/h6-11,16,18H,5,12-14H2,1-4H3,(H,22,27)/t16-,18+/m0/s1. The third kappa shape index (κ3) is 4.25. The molecule has 2 atom stereocenters. The van der Waals surface area contributed by atoms with Crippen LogP contribution in [0.5, 0.6) is 0 Å². The van der Waals surface area contributed by atoms with Crippen LogP contribution in [0.4, 0.5) is 0 Å². The molecule has 150 valence electrons. The van der Waals surface area contributed by atoms with Gasteiger partial charge in [0.05, 0.1) is 6.04 Å². The van der Waals surface area contributed by atoms with E-state index in [2.05, 4.69) is 40.4 Å². The summed E-state index contributed by atoms with van der Waals surface area (Å²) in [6, 6.07) is 9.86. The van der Waals surface area contributed by atoms with Gasteiger partial charge in [-0.25, -0.2) is 0 Å². The number of aryl methyl sites for hydroxylation is 2. The average Bonchev–Trinajstić information content (AvgIpc) is 3.16. The van der Waals surface area contributed by atoms with Gasteiger partial charge in [0.1, 0.15) is 5.69 Å². The molecule has 1 aliphatic heterocycles. The van der Waals surface area contributed by atoms with Gasteiger partial charge in [-0.1, -0.05) is 29.8 Å². The Balaban J connectivity index is 1.73. The number of piperazine rings is 1. The highest BCUT2D eigenvalue weighted by molar-refractivity contribution is 5.92. The van der Waals surface area contributed by atoms with E-state index in [1.807, 2.05) is 27.0 Å². The molecule has 0 unspecified atom stereocenters. The molecule has 1 aromatic carbocycles. The Morgan fingerprint density at radius 2 is 2.11 bits per heavy atom. The van der Waals surface area contributed by atoms with Crippen LogP contribution in [0.1, 0.15) is 35.5 Å². The first-order chi connectivity index (χ1) is 13.4. The molecule has 7 heteroatoms. The maximum Gasteiger partial charge on any atom is 0.269 e. The van der Waals surface area contributed by atoms with E-state index in [4.69, 9.17) is 0 Å². The van der Waals surface area contributed by atoms with Gasteiger partial charge in [0.15, 0.2) is 0 Å². The second-order valence-corrected chi connectivity index (χ2v) is 7.45. The SMILES string of the molecule is CCn1nccc1C(=O)NC[C@@H]1CN(C)C(=O)[C@H](C)N1Cc1cccc(C)c1. The molecular weight excluding hydrogens is 354 g/mol. The third-order valence-electron chi connectivity index (χ3n) is 5.38. The van der Waals surface area contributed by atoms with E-state index >= 15 is 0 Å². The molecule has 1 aromatic heterocycles. The summed E-state index contributed by atoms with van der Waals surface area (Å²) in [5, 5.41) is 7.19. The van der Waals surface area contributed by atoms with Gasteiger partial charge in [0, 0.05) is 45.5 Å². The maximum atomic E-state index is 12.6. The van der Waals surface area contributed by atoms with Gasteiger partial charge in [-0.2, -0.15) is 5.10 Å². The van der Waals surface area contributed by atoms with E-state index in [0.717, 1.165) is 0 Å². The Bertz CT molecular complexity index is 847. The second kappa shape index (κ2) is 8.56. The van der Waals surface area contributed by atoms with Gasteiger partial charge in [-0.3, -0.25) is 19.2 Å². The molecule has 1 N–H and O–H groups in total.